The van der Waals surface area contributed by atoms with Crippen molar-refractivity contribution in [2.45, 2.75) is 31.7 Å². The predicted molar refractivity (Wildman–Crippen MR) is 68.7 cm³/mol. The van der Waals surface area contributed by atoms with Gasteiger partial charge in [-0.05, 0) is 44.5 Å². The molecule has 2 atom stereocenters. The average molecular weight is 242 g/mol. The molecule has 4 heteroatoms. The summed E-state index contributed by atoms with van der Waals surface area (Å²) in [5.41, 5.74) is 0. The summed E-state index contributed by atoms with van der Waals surface area (Å²) >= 11 is 1.92. The second-order valence-electron chi connectivity index (χ2n) is 4.84. The third-order valence-corrected chi connectivity index (χ3v) is 4.88. The van der Waals surface area contributed by atoms with Crippen LogP contribution >= 0.6 is 11.8 Å². The molecule has 0 aromatic carbocycles. The standard InChI is InChI=1S/C12H22N2OS/c1-14(11-3-2-6-13-7-4-11)12(15)10-5-8-16-9-10/h10-11,13H,2-9H2,1H3. The van der Waals surface area contributed by atoms with Crippen LogP contribution in [-0.2, 0) is 4.79 Å². The van der Waals surface area contributed by atoms with Gasteiger partial charge in [-0.1, -0.05) is 0 Å². The van der Waals surface area contributed by atoms with Gasteiger partial charge >= 0.3 is 0 Å². The first-order chi connectivity index (χ1) is 7.79. The van der Waals surface area contributed by atoms with E-state index in [1.807, 2.05) is 23.7 Å². The van der Waals surface area contributed by atoms with Crippen LogP contribution in [0.5, 0.6) is 0 Å². The fourth-order valence-corrected chi connectivity index (χ4v) is 3.80. The van der Waals surface area contributed by atoms with E-state index in [2.05, 4.69) is 5.32 Å². The lowest BCUT2D eigenvalue weighted by molar-refractivity contribution is -0.135. The largest absolute Gasteiger partial charge is 0.342 e. The first-order valence-corrected chi connectivity index (χ1v) is 7.49. The average Bonchev–Trinajstić information content (AvgIpc) is 2.70. The van der Waals surface area contributed by atoms with E-state index >= 15 is 0 Å². The molecule has 1 N–H and O–H groups in total. The van der Waals surface area contributed by atoms with Gasteiger partial charge in [0, 0.05) is 24.8 Å². The highest BCUT2D eigenvalue weighted by Crippen LogP contribution is 2.26. The fraction of sp³-hybridized carbons (Fsp3) is 0.917. The number of amides is 1. The van der Waals surface area contributed by atoms with Crippen LogP contribution in [0.25, 0.3) is 0 Å². The molecule has 0 bridgehead atoms. The normalized spacial score (nSPS) is 31.1. The molecular weight excluding hydrogens is 220 g/mol. The minimum Gasteiger partial charge on any atom is -0.342 e. The van der Waals surface area contributed by atoms with Gasteiger partial charge < -0.3 is 10.2 Å². The highest BCUT2D eigenvalue weighted by molar-refractivity contribution is 7.99. The first-order valence-electron chi connectivity index (χ1n) is 6.34. The van der Waals surface area contributed by atoms with Gasteiger partial charge in [-0.25, -0.2) is 0 Å². The van der Waals surface area contributed by atoms with Crippen molar-refractivity contribution in [3.8, 4) is 0 Å². The van der Waals surface area contributed by atoms with Crippen LogP contribution in [0, 0.1) is 5.92 Å². The van der Waals surface area contributed by atoms with Crippen molar-refractivity contribution in [1.82, 2.24) is 10.2 Å². The number of rotatable bonds is 2. The van der Waals surface area contributed by atoms with Crippen LogP contribution in [0.3, 0.4) is 0 Å². The van der Waals surface area contributed by atoms with Gasteiger partial charge in [0.25, 0.3) is 0 Å². The van der Waals surface area contributed by atoms with Gasteiger partial charge in [0.15, 0.2) is 0 Å². The fourth-order valence-electron chi connectivity index (χ4n) is 2.59. The summed E-state index contributed by atoms with van der Waals surface area (Å²) in [5.74, 6) is 2.88. The van der Waals surface area contributed by atoms with Crippen molar-refractivity contribution in [3.05, 3.63) is 0 Å². The van der Waals surface area contributed by atoms with Crippen molar-refractivity contribution in [2.75, 3.05) is 31.6 Å². The molecule has 0 aliphatic carbocycles. The molecule has 2 fully saturated rings. The van der Waals surface area contributed by atoms with E-state index in [1.54, 1.807) is 0 Å². The van der Waals surface area contributed by atoms with E-state index < -0.39 is 0 Å². The van der Waals surface area contributed by atoms with Crippen molar-refractivity contribution < 1.29 is 4.79 Å². The van der Waals surface area contributed by atoms with Gasteiger partial charge in [-0.2, -0.15) is 11.8 Å². The van der Waals surface area contributed by atoms with Crippen LogP contribution in [0.15, 0.2) is 0 Å². The Labute approximate surface area is 102 Å². The molecule has 0 aromatic heterocycles. The van der Waals surface area contributed by atoms with Gasteiger partial charge in [-0.15, -0.1) is 0 Å². The van der Waals surface area contributed by atoms with Crippen LogP contribution in [-0.4, -0.2) is 48.5 Å². The minimum absolute atomic E-state index is 0.297. The van der Waals surface area contributed by atoms with Gasteiger partial charge in [0.05, 0.1) is 0 Å². The maximum Gasteiger partial charge on any atom is 0.226 e. The zero-order valence-electron chi connectivity index (χ0n) is 10.1. The summed E-state index contributed by atoms with van der Waals surface area (Å²) < 4.78 is 0. The zero-order chi connectivity index (χ0) is 11.4. The van der Waals surface area contributed by atoms with Crippen molar-refractivity contribution in [2.24, 2.45) is 5.92 Å². The summed E-state index contributed by atoms with van der Waals surface area (Å²) in [4.78, 5) is 14.3. The van der Waals surface area contributed by atoms with Crippen molar-refractivity contribution in [3.63, 3.8) is 0 Å². The topological polar surface area (TPSA) is 32.3 Å². The Balaban J connectivity index is 1.88. The molecule has 92 valence electrons. The number of thioether (sulfide) groups is 1. The van der Waals surface area contributed by atoms with E-state index in [0.29, 0.717) is 17.9 Å². The van der Waals surface area contributed by atoms with Crippen molar-refractivity contribution in [1.29, 1.82) is 0 Å². The zero-order valence-corrected chi connectivity index (χ0v) is 10.9. The van der Waals surface area contributed by atoms with E-state index in [4.69, 9.17) is 0 Å². The van der Waals surface area contributed by atoms with E-state index in [9.17, 15) is 4.79 Å². The van der Waals surface area contributed by atoms with E-state index in [1.165, 1.54) is 6.42 Å². The first kappa shape index (κ1) is 12.2. The predicted octanol–water partition coefficient (Wildman–Crippen LogP) is 1.34. The van der Waals surface area contributed by atoms with Gasteiger partial charge in [0.2, 0.25) is 5.91 Å². The van der Waals surface area contributed by atoms with Gasteiger partial charge in [0.1, 0.15) is 0 Å². The second-order valence-corrected chi connectivity index (χ2v) is 5.99. The summed E-state index contributed by atoms with van der Waals surface area (Å²) in [6, 6.07) is 0.466. The third kappa shape index (κ3) is 2.92. The minimum atomic E-state index is 0.297. The lowest BCUT2D eigenvalue weighted by Gasteiger charge is -2.29. The lowest BCUT2D eigenvalue weighted by Crippen LogP contribution is -2.41. The number of hydrogen-bond acceptors (Lipinski definition) is 3. The lowest BCUT2D eigenvalue weighted by atomic mass is 10.0. The quantitative estimate of drug-likeness (QED) is 0.793. The van der Waals surface area contributed by atoms with E-state index in [0.717, 1.165) is 43.9 Å². The maximum absolute atomic E-state index is 12.2. The number of nitrogens with one attached hydrogen (secondary N) is 1. The molecule has 16 heavy (non-hydrogen) atoms. The van der Waals surface area contributed by atoms with Crippen LogP contribution < -0.4 is 5.32 Å². The molecule has 0 radical (unpaired) electrons. The van der Waals surface area contributed by atoms with E-state index in [-0.39, 0.29) is 0 Å². The summed E-state index contributed by atoms with van der Waals surface area (Å²) in [6.07, 6.45) is 4.55. The molecule has 2 aliphatic rings. The number of hydrogen-bond donors (Lipinski definition) is 1. The number of carbonyl (C=O) groups is 1. The Morgan fingerprint density at radius 2 is 2.19 bits per heavy atom. The Bertz CT molecular complexity index is 233. The molecule has 2 unspecified atom stereocenters. The second kappa shape index (κ2) is 5.92. The highest BCUT2D eigenvalue weighted by atomic mass is 32.2. The Morgan fingerprint density at radius 1 is 1.31 bits per heavy atom. The molecular formula is C12H22N2OS. The third-order valence-electron chi connectivity index (χ3n) is 3.72. The van der Waals surface area contributed by atoms with Gasteiger partial charge in [-0.3, -0.25) is 4.79 Å². The molecule has 1 amide bonds. The molecule has 2 heterocycles. The molecule has 2 saturated heterocycles. The van der Waals surface area contributed by atoms with Crippen LogP contribution in [0.2, 0.25) is 0 Å². The Kier molecular flexibility index (Phi) is 4.53. The Morgan fingerprint density at radius 3 is 2.94 bits per heavy atom. The van der Waals surface area contributed by atoms with Crippen molar-refractivity contribution >= 4 is 17.7 Å². The van der Waals surface area contributed by atoms with Crippen LogP contribution in [0.4, 0.5) is 0 Å². The molecule has 0 saturated carbocycles. The molecule has 2 aliphatic heterocycles. The molecule has 2 rings (SSSR count). The monoisotopic (exact) mass is 242 g/mol. The summed E-state index contributed by atoms with van der Waals surface area (Å²) in [6.45, 7) is 2.17. The summed E-state index contributed by atoms with van der Waals surface area (Å²) in [5, 5.41) is 3.40. The molecule has 3 nitrogen and oxygen atoms in total. The Hall–Kier alpha value is -0.220. The van der Waals surface area contributed by atoms with Crippen LogP contribution in [0.1, 0.15) is 25.7 Å². The number of carbonyl (C=O) groups excluding carboxylic acids is 1. The molecule has 0 spiro atoms. The highest BCUT2D eigenvalue weighted by Gasteiger charge is 2.29. The smallest absolute Gasteiger partial charge is 0.226 e. The molecule has 0 aromatic rings. The maximum atomic E-state index is 12.2. The number of nitrogens with zero attached hydrogens (tertiary/aromatic N) is 1. The summed E-state index contributed by atoms with van der Waals surface area (Å²) in [7, 11) is 2.00. The SMILES string of the molecule is CN(C(=O)C1CCSC1)C1CCCNCC1.